The molecule has 1 saturated carbocycles. The minimum absolute atomic E-state index is 0.165. The molecule has 0 amide bonds. The van der Waals surface area contributed by atoms with Gasteiger partial charge in [0.05, 0.1) is 11.5 Å². The molecule has 5 heteroatoms. The van der Waals surface area contributed by atoms with Crippen LogP contribution in [0, 0.1) is 17.0 Å². The van der Waals surface area contributed by atoms with Crippen LogP contribution in [0.15, 0.2) is 18.2 Å². The van der Waals surface area contributed by atoms with Gasteiger partial charge in [-0.2, -0.15) is 0 Å². The normalized spacial score (nSPS) is 19.2. The lowest BCUT2D eigenvalue weighted by Gasteiger charge is -2.18. The Morgan fingerprint density at radius 1 is 1.38 bits per heavy atom. The van der Waals surface area contributed by atoms with Crippen molar-refractivity contribution in [2.75, 3.05) is 0 Å². The molecule has 1 aromatic carbocycles. The Labute approximate surface area is 90.3 Å². The Balaban J connectivity index is 2.35. The fourth-order valence-corrected chi connectivity index (χ4v) is 1.76. The zero-order valence-electron chi connectivity index (χ0n) is 8.28. The van der Waals surface area contributed by atoms with Gasteiger partial charge in [-0.1, -0.05) is 6.07 Å². The first-order valence-corrected chi connectivity index (χ1v) is 4.84. The van der Waals surface area contributed by atoms with Crippen molar-refractivity contribution in [3.8, 4) is 0 Å². The van der Waals surface area contributed by atoms with Crippen molar-refractivity contribution in [3.05, 3.63) is 35.4 Å². The highest BCUT2D eigenvalue weighted by Gasteiger charge is 2.56. The van der Waals surface area contributed by atoms with Gasteiger partial charge in [0.2, 0.25) is 0 Å². The van der Waals surface area contributed by atoms with Crippen LogP contribution in [-0.2, 0) is 4.79 Å². The highest BCUT2D eigenvalue weighted by atomic mass is 19.1. The molecule has 0 aromatic heterocycles. The summed E-state index contributed by atoms with van der Waals surface area (Å²) < 4.78 is 26.0. The van der Waals surface area contributed by atoms with E-state index >= 15 is 0 Å². The van der Waals surface area contributed by atoms with E-state index in [1.165, 1.54) is 0 Å². The van der Waals surface area contributed by atoms with E-state index in [4.69, 9.17) is 5.11 Å². The molecule has 1 aliphatic carbocycles. The third kappa shape index (κ3) is 1.57. The monoisotopic (exact) mass is 228 g/mol. The summed E-state index contributed by atoms with van der Waals surface area (Å²) in [4.78, 5) is 10.9. The smallest absolute Gasteiger partial charge is 0.312 e. The zero-order chi connectivity index (χ0) is 11.9. The summed E-state index contributed by atoms with van der Waals surface area (Å²) in [6.07, 6.45) is -0.814. The van der Waals surface area contributed by atoms with E-state index in [9.17, 15) is 18.7 Å². The van der Waals surface area contributed by atoms with Crippen LogP contribution in [0.2, 0.25) is 0 Å². The van der Waals surface area contributed by atoms with E-state index in [1.807, 2.05) is 0 Å². The molecule has 0 radical (unpaired) electrons. The molecule has 1 aliphatic rings. The van der Waals surface area contributed by atoms with Gasteiger partial charge in [0.25, 0.3) is 0 Å². The Bertz CT molecular complexity index is 441. The van der Waals surface area contributed by atoms with Gasteiger partial charge < -0.3 is 10.2 Å². The van der Waals surface area contributed by atoms with Crippen molar-refractivity contribution in [2.45, 2.75) is 18.9 Å². The molecular formula is C11H10F2O3. The number of benzene rings is 1. The number of carboxylic acids is 1. The number of carboxylic acid groups (broad SMARTS) is 1. The number of rotatable bonds is 3. The summed E-state index contributed by atoms with van der Waals surface area (Å²) in [7, 11) is 0. The van der Waals surface area contributed by atoms with Crippen LogP contribution in [0.3, 0.4) is 0 Å². The second-order valence-corrected chi connectivity index (χ2v) is 4.03. The maximum absolute atomic E-state index is 13.3. The van der Waals surface area contributed by atoms with Gasteiger partial charge >= 0.3 is 5.97 Å². The number of halogens is 2. The molecule has 1 aromatic rings. The minimum Gasteiger partial charge on any atom is -0.481 e. The van der Waals surface area contributed by atoms with Gasteiger partial charge in [-0.05, 0) is 18.9 Å². The SMILES string of the molecule is O=C(O)C1(C(O)c2ccc(F)cc2F)CC1. The van der Waals surface area contributed by atoms with Gasteiger partial charge in [0, 0.05) is 11.6 Å². The molecular weight excluding hydrogens is 218 g/mol. The molecule has 0 bridgehead atoms. The molecule has 3 nitrogen and oxygen atoms in total. The maximum Gasteiger partial charge on any atom is 0.312 e. The fourth-order valence-electron chi connectivity index (χ4n) is 1.76. The molecule has 1 atom stereocenters. The van der Waals surface area contributed by atoms with Crippen molar-refractivity contribution in [2.24, 2.45) is 5.41 Å². The van der Waals surface area contributed by atoms with Crippen LogP contribution in [0.1, 0.15) is 24.5 Å². The fraction of sp³-hybridized carbons (Fsp3) is 0.364. The lowest BCUT2D eigenvalue weighted by atomic mass is 9.92. The largest absolute Gasteiger partial charge is 0.481 e. The number of hydrogen-bond donors (Lipinski definition) is 2. The Morgan fingerprint density at radius 2 is 2.00 bits per heavy atom. The second kappa shape index (κ2) is 3.52. The van der Waals surface area contributed by atoms with Crippen molar-refractivity contribution in [1.29, 1.82) is 0 Å². The third-order valence-electron chi connectivity index (χ3n) is 3.00. The van der Waals surface area contributed by atoms with Crippen LogP contribution in [0.25, 0.3) is 0 Å². The van der Waals surface area contributed by atoms with Crippen LogP contribution in [0.4, 0.5) is 8.78 Å². The van der Waals surface area contributed by atoms with E-state index in [-0.39, 0.29) is 5.56 Å². The Kier molecular flexibility index (Phi) is 2.42. The maximum atomic E-state index is 13.3. The summed E-state index contributed by atoms with van der Waals surface area (Å²) in [5, 5.41) is 18.7. The Morgan fingerprint density at radius 3 is 2.44 bits per heavy atom. The first kappa shape index (κ1) is 11.0. The molecule has 2 N–H and O–H groups in total. The quantitative estimate of drug-likeness (QED) is 0.830. The number of hydrogen-bond acceptors (Lipinski definition) is 2. The van der Waals surface area contributed by atoms with Crippen molar-refractivity contribution < 1.29 is 23.8 Å². The van der Waals surface area contributed by atoms with E-state index < -0.39 is 29.1 Å². The van der Waals surface area contributed by atoms with Crippen molar-refractivity contribution >= 4 is 5.97 Å². The highest BCUT2D eigenvalue weighted by Crippen LogP contribution is 2.55. The van der Waals surface area contributed by atoms with Crippen LogP contribution >= 0.6 is 0 Å². The van der Waals surface area contributed by atoms with E-state index in [1.54, 1.807) is 0 Å². The zero-order valence-corrected chi connectivity index (χ0v) is 8.28. The molecule has 16 heavy (non-hydrogen) atoms. The van der Waals surface area contributed by atoms with E-state index in [0.29, 0.717) is 18.9 Å². The molecule has 0 aliphatic heterocycles. The second-order valence-electron chi connectivity index (χ2n) is 4.03. The lowest BCUT2D eigenvalue weighted by Crippen LogP contribution is -2.24. The number of aliphatic hydroxyl groups is 1. The third-order valence-corrected chi connectivity index (χ3v) is 3.00. The standard InChI is InChI=1S/C11H10F2O3/c12-6-1-2-7(8(13)5-6)9(14)11(3-4-11)10(15)16/h1-2,5,9,14H,3-4H2,(H,15,16). The van der Waals surface area contributed by atoms with Crippen LogP contribution in [-0.4, -0.2) is 16.2 Å². The average Bonchev–Trinajstić information content (AvgIpc) is 2.97. The minimum atomic E-state index is -1.43. The van der Waals surface area contributed by atoms with Crippen LogP contribution < -0.4 is 0 Å². The highest BCUT2D eigenvalue weighted by molar-refractivity contribution is 5.79. The molecule has 0 spiro atoms. The van der Waals surface area contributed by atoms with Gasteiger partial charge in [0.15, 0.2) is 0 Å². The summed E-state index contributed by atoms with van der Waals surface area (Å²) in [5.74, 6) is -2.82. The number of aliphatic carboxylic acids is 1. The Hall–Kier alpha value is -1.49. The molecule has 2 rings (SSSR count). The summed E-state index contributed by atoms with van der Waals surface area (Å²) in [6, 6.07) is 2.72. The predicted octanol–water partition coefficient (Wildman–Crippen LogP) is 1.86. The van der Waals surface area contributed by atoms with Gasteiger partial charge in [-0.15, -0.1) is 0 Å². The molecule has 0 heterocycles. The molecule has 86 valence electrons. The first-order chi connectivity index (χ1) is 7.47. The van der Waals surface area contributed by atoms with Gasteiger partial charge in [-0.3, -0.25) is 4.79 Å². The molecule has 1 fully saturated rings. The van der Waals surface area contributed by atoms with Crippen molar-refractivity contribution in [1.82, 2.24) is 0 Å². The number of aliphatic hydroxyl groups excluding tert-OH is 1. The number of carbonyl (C=O) groups is 1. The topological polar surface area (TPSA) is 57.5 Å². The first-order valence-electron chi connectivity index (χ1n) is 4.84. The van der Waals surface area contributed by atoms with Gasteiger partial charge in [0.1, 0.15) is 11.6 Å². The van der Waals surface area contributed by atoms with E-state index in [2.05, 4.69) is 0 Å². The molecule has 0 saturated heterocycles. The lowest BCUT2D eigenvalue weighted by molar-refractivity contribution is -0.148. The summed E-state index contributed by atoms with van der Waals surface area (Å²) >= 11 is 0. The van der Waals surface area contributed by atoms with Crippen molar-refractivity contribution in [3.63, 3.8) is 0 Å². The average molecular weight is 228 g/mol. The molecule has 1 unspecified atom stereocenters. The predicted molar refractivity (Wildman–Crippen MR) is 50.6 cm³/mol. The van der Waals surface area contributed by atoms with E-state index in [0.717, 1.165) is 12.1 Å². The van der Waals surface area contributed by atoms with Crippen LogP contribution in [0.5, 0.6) is 0 Å². The van der Waals surface area contributed by atoms with Gasteiger partial charge in [-0.25, -0.2) is 8.78 Å². The summed E-state index contributed by atoms with van der Waals surface area (Å²) in [6.45, 7) is 0. The summed E-state index contributed by atoms with van der Waals surface area (Å²) in [5.41, 5.74) is -1.46.